The van der Waals surface area contributed by atoms with Gasteiger partial charge in [-0.25, -0.2) is 9.37 Å². The standard InChI is InChI=1S/C26H21F4N3O3S/c1-14(2)24(35)33-25-32-20-9-7-18(13-22(20)37-25)36-17-6-8-19(27)21(12-17)31-23(34)11-15-4-3-5-16(10-15)26(28,29)30/h3-10,12-14H,11H2,1-2H3,(H,31,34)(H,32,33,35). The van der Waals surface area contributed by atoms with Crippen molar-refractivity contribution >= 4 is 44.2 Å². The quantitative estimate of drug-likeness (QED) is 0.251. The zero-order valence-corrected chi connectivity index (χ0v) is 20.5. The Morgan fingerprint density at radius 2 is 1.73 bits per heavy atom. The summed E-state index contributed by atoms with van der Waals surface area (Å²) in [5.41, 5.74) is -0.237. The highest BCUT2D eigenvalue weighted by Gasteiger charge is 2.30. The van der Waals surface area contributed by atoms with Crippen LogP contribution in [0.2, 0.25) is 0 Å². The number of anilines is 2. The van der Waals surface area contributed by atoms with Gasteiger partial charge in [0.15, 0.2) is 5.13 Å². The molecule has 3 aromatic carbocycles. The maximum Gasteiger partial charge on any atom is 0.416 e. The lowest BCUT2D eigenvalue weighted by atomic mass is 10.1. The van der Waals surface area contributed by atoms with E-state index in [1.165, 1.54) is 35.6 Å². The summed E-state index contributed by atoms with van der Waals surface area (Å²) in [5.74, 6) is -1.10. The molecule has 2 N–H and O–H groups in total. The molecule has 0 aliphatic rings. The first-order chi connectivity index (χ1) is 17.5. The van der Waals surface area contributed by atoms with Crippen molar-refractivity contribution in [3.63, 3.8) is 0 Å². The second-order valence-electron chi connectivity index (χ2n) is 8.46. The van der Waals surface area contributed by atoms with E-state index in [4.69, 9.17) is 4.74 Å². The van der Waals surface area contributed by atoms with E-state index in [1.54, 1.807) is 32.0 Å². The normalized spacial score (nSPS) is 11.5. The van der Waals surface area contributed by atoms with Gasteiger partial charge in [-0.05, 0) is 35.9 Å². The Hall–Kier alpha value is -3.99. The Morgan fingerprint density at radius 1 is 1.00 bits per heavy atom. The number of amides is 2. The van der Waals surface area contributed by atoms with Crippen LogP contribution in [0.4, 0.5) is 28.4 Å². The van der Waals surface area contributed by atoms with Crippen LogP contribution in [0.25, 0.3) is 10.2 Å². The topological polar surface area (TPSA) is 80.3 Å². The van der Waals surface area contributed by atoms with E-state index < -0.39 is 23.5 Å². The maximum absolute atomic E-state index is 14.3. The largest absolute Gasteiger partial charge is 0.457 e. The third-order valence-electron chi connectivity index (χ3n) is 5.18. The van der Waals surface area contributed by atoms with Gasteiger partial charge in [0.2, 0.25) is 11.8 Å². The van der Waals surface area contributed by atoms with Crippen molar-refractivity contribution in [3.05, 3.63) is 77.6 Å². The van der Waals surface area contributed by atoms with E-state index >= 15 is 0 Å². The summed E-state index contributed by atoms with van der Waals surface area (Å²) in [7, 11) is 0. The highest BCUT2D eigenvalue weighted by atomic mass is 32.1. The molecule has 37 heavy (non-hydrogen) atoms. The summed E-state index contributed by atoms with van der Waals surface area (Å²) in [4.78, 5) is 28.7. The number of carbonyl (C=O) groups is 2. The van der Waals surface area contributed by atoms with Crippen LogP contribution in [-0.2, 0) is 22.2 Å². The Balaban J connectivity index is 1.46. The molecule has 0 saturated carbocycles. The minimum absolute atomic E-state index is 0.141. The van der Waals surface area contributed by atoms with Crippen molar-refractivity contribution in [1.29, 1.82) is 0 Å². The predicted molar refractivity (Wildman–Crippen MR) is 133 cm³/mol. The first kappa shape index (κ1) is 26.1. The van der Waals surface area contributed by atoms with Crippen LogP contribution in [0, 0.1) is 11.7 Å². The van der Waals surface area contributed by atoms with Gasteiger partial charge in [0.25, 0.3) is 0 Å². The molecule has 0 unspecified atom stereocenters. The Bertz CT molecular complexity index is 1470. The fraction of sp³-hybridized carbons (Fsp3) is 0.192. The zero-order valence-electron chi connectivity index (χ0n) is 19.7. The number of fused-ring (bicyclic) bond motifs is 1. The maximum atomic E-state index is 14.3. The highest BCUT2D eigenvalue weighted by Crippen LogP contribution is 2.33. The van der Waals surface area contributed by atoms with Crippen molar-refractivity contribution in [2.45, 2.75) is 26.4 Å². The molecule has 0 aliphatic heterocycles. The van der Waals surface area contributed by atoms with Crippen LogP contribution in [0.3, 0.4) is 0 Å². The van der Waals surface area contributed by atoms with Crippen LogP contribution in [0.15, 0.2) is 60.7 Å². The number of hydrogen-bond donors (Lipinski definition) is 2. The molecule has 4 rings (SSSR count). The van der Waals surface area contributed by atoms with E-state index in [-0.39, 0.29) is 35.2 Å². The lowest BCUT2D eigenvalue weighted by molar-refractivity contribution is -0.137. The molecule has 4 aromatic rings. The number of aromatic nitrogens is 1. The molecule has 0 aliphatic carbocycles. The molecule has 11 heteroatoms. The van der Waals surface area contributed by atoms with Gasteiger partial charge in [0.1, 0.15) is 17.3 Å². The summed E-state index contributed by atoms with van der Waals surface area (Å²) in [6.07, 6.45) is -4.90. The lowest BCUT2D eigenvalue weighted by Gasteiger charge is -2.11. The van der Waals surface area contributed by atoms with Gasteiger partial charge in [-0.2, -0.15) is 13.2 Å². The Labute approximate surface area is 213 Å². The number of alkyl halides is 3. The number of nitrogens with zero attached hydrogens (tertiary/aromatic N) is 1. The van der Waals surface area contributed by atoms with Crippen LogP contribution in [0.1, 0.15) is 25.0 Å². The Morgan fingerprint density at radius 3 is 2.46 bits per heavy atom. The number of halogens is 4. The van der Waals surface area contributed by atoms with Gasteiger partial charge in [0.05, 0.1) is 27.9 Å². The van der Waals surface area contributed by atoms with Gasteiger partial charge in [-0.1, -0.05) is 43.4 Å². The van der Waals surface area contributed by atoms with Crippen LogP contribution in [0.5, 0.6) is 11.5 Å². The number of ether oxygens (including phenoxy) is 1. The molecule has 0 saturated heterocycles. The molecule has 2 amide bonds. The fourth-order valence-electron chi connectivity index (χ4n) is 3.31. The zero-order chi connectivity index (χ0) is 26.7. The highest BCUT2D eigenvalue weighted by molar-refractivity contribution is 7.22. The Kier molecular flexibility index (Phi) is 7.44. The number of benzene rings is 3. The third-order valence-corrected chi connectivity index (χ3v) is 6.11. The number of carbonyl (C=O) groups excluding carboxylic acids is 2. The minimum atomic E-state index is -4.53. The fourth-order valence-corrected chi connectivity index (χ4v) is 4.21. The summed E-state index contributed by atoms with van der Waals surface area (Å²) in [6.45, 7) is 3.55. The minimum Gasteiger partial charge on any atom is -0.457 e. The van der Waals surface area contributed by atoms with Gasteiger partial charge in [-0.3, -0.25) is 9.59 Å². The molecule has 0 bridgehead atoms. The predicted octanol–water partition coefficient (Wildman–Crippen LogP) is 7.02. The van der Waals surface area contributed by atoms with Crippen LogP contribution < -0.4 is 15.4 Å². The summed E-state index contributed by atoms with van der Waals surface area (Å²) < 4.78 is 59.6. The average molecular weight is 532 g/mol. The SMILES string of the molecule is CC(C)C(=O)Nc1nc2ccc(Oc3ccc(F)c(NC(=O)Cc4cccc(C(F)(F)F)c4)c3)cc2s1. The van der Waals surface area contributed by atoms with Gasteiger partial charge in [0, 0.05) is 18.1 Å². The van der Waals surface area contributed by atoms with Crippen molar-refractivity contribution in [1.82, 2.24) is 4.98 Å². The van der Waals surface area contributed by atoms with Crippen molar-refractivity contribution < 1.29 is 31.9 Å². The van der Waals surface area contributed by atoms with Gasteiger partial charge in [-0.15, -0.1) is 0 Å². The molecule has 0 atom stereocenters. The average Bonchev–Trinajstić information content (AvgIpc) is 3.22. The molecule has 1 aromatic heterocycles. The van der Waals surface area contributed by atoms with Crippen molar-refractivity contribution in [2.75, 3.05) is 10.6 Å². The molecular weight excluding hydrogens is 510 g/mol. The van der Waals surface area contributed by atoms with E-state index in [9.17, 15) is 27.2 Å². The van der Waals surface area contributed by atoms with E-state index in [0.29, 0.717) is 16.4 Å². The number of hydrogen-bond acceptors (Lipinski definition) is 5. The first-order valence-electron chi connectivity index (χ1n) is 11.1. The third kappa shape index (κ3) is 6.62. The van der Waals surface area contributed by atoms with E-state index in [0.717, 1.165) is 22.9 Å². The molecule has 6 nitrogen and oxygen atoms in total. The molecular formula is C26H21F4N3O3S. The summed E-state index contributed by atoms with van der Waals surface area (Å²) in [6, 6.07) is 13.2. The number of rotatable bonds is 7. The number of thiazole rings is 1. The van der Waals surface area contributed by atoms with Crippen molar-refractivity contribution in [2.24, 2.45) is 5.92 Å². The first-order valence-corrected chi connectivity index (χ1v) is 11.9. The van der Waals surface area contributed by atoms with Crippen molar-refractivity contribution in [3.8, 4) is 11.5 Å². The molecule has 0 spiro atoms. The molecule has 192 valence electrons. The molecule has 0 radical (unpaired) electrons. The van der Waals surface area contributed by atoms with E-state index in [2.05, 4.69) is 15.6 Å². The smallest absolute Gasteiger partial charge is 0.416 e. The second kappa shape index (κ2) is 10.6. The molecule has 0 fully saturated rings. The summed E-state index contributed by atoms with van der Waals surface area (Å²) >= 11 is 1.27. The second-order valence-corrected chi connectivity index (χ2v) is 9.49. The van der Waals surface area contributed by atoms with Gasteiger partial charge >= 0.3 is 6.18 Å². The number of nitrogens with one attached hydrogen (secondary N) is 2. The van der Waals surface area contributed by atoms with Crippen LogP contribution in [-0.4, -0.2) is 16.8 Å². The lowest BCUT2D eigenvalue weighted by Crippen LogP contribution is -2.17. The van der Waals surface area contributed by atoms with Crippen LogP contribution >= 0.6 is 11.3 Å². The van der Waals surface area contributed by atoms with E-state index in [1.807, 2.05) is 0 Å². The molecule has 1 heterocycles. The monoisotopic (exact) mass is 531 g/mol. The summed E-state index contributed by atoms with van der Waals surface area (Å²) in [5, 5.41) is 5.59. The van der Waals surface area contributed by atoms with Gasteiger partial charge < -0.3 is 15.4 Å².